The van der Waals surface area contributed by atoms with Gasteiger partial charge in [0, 0.05) is 31.1 Å². The number of carbonyl (C=O) groups is 1. The van der Waals surface area contributed by atoms with E-state index in [0.717, 1.165) is 19.5 Å². The smallest absolute Gasteiger partial charge is 0.244 e. The first-order valence-corrected chi connectivity index (χ1v) is 11.6. The van der Waals surface area contributed by atoms with Crippen LogP contribution >= 0.6 is 11.3 Å². The van der Waals surface area contributed by atoms with Crippen LogP contribution in [0.1, 0.15) is 55.9 Å². The van der Waals surface area contributed by atoms with Gasteiger partial charge in [0.15, 0.2) is 5.96 Å². The van der Waals surface area contributed by atoms with Gasteiger partial charge in [-0.2, -0.15) is 0 Å². The highest BCUT2D eigenvalue weighted by Crippen LogP contribution is 2.24. The van der Waals surface area contributed by atoms with Crippen molar-refractivity contribution in [2.24, 2.45) is 4.99 Å². The lowest BCUT2D eigenvalue weighted by atomic mass is 10.1. The number of amides is 1. The first-order valence-electron chi connectivity index (χ1n) is 10.7. The van der Waals surface area contributed by atoms with Gasteiger partial charge in [-0.15, -0.1) is 11.3 Å². The van der Waals surface area contributed by atoms with Crippen LogP contribution in [0.3, 0.4) is 0 Å². The molecular formula is C21H34N4O2S. The molecule has 1 aromatic heterocycles. The molecule has 0 saturated heterocycles. The fourth-order valence-electron chi connectivity index (χ4n) is 3.85. The highest BCUT2D eigenvalue weighted by molar-refractivity contribution is 7.10. The van der Waals surface area contributed by atoms with Crippen molar-refractivity contribution in [1.82, 2.24) is 15.5 Å². The van der Waals surface area contributed by atoms with Gasteiger partial charge in [-0.3, -0.25) is 4.79 Å². The second kappa shape index (κ2) is 11.4. The van der Waals surface area contributed by atoms with Crippen LogP contribution in [0, 0.1) is 0 Å². The molecule has 1 saturated carbocycles. The lowest BCUT2D eigenvalue weighted by Gasteiger charge is -2.26. The first kappa shape index (κ1) is 21.1. The largest absolute Gasteiger partial charge is 0.376 e. The topological polar surface area (TPSA) is 66.0 Å². The number of fused-ring (bicyclic) bond motifs is 1. The van der Waals surface area contributed by atoms with Crippen LogP contribution in [0.5, 0.6) is 0 Å². The molecule has 7 heteroatoms. The lowest BCUT2D eigenvalue weighted by Crippen LogP contribution is -2.41. The summed E-state index contributed by atoms with van der Waals surface area (Å²) < 4.78 is 6.02. The van der Waals surface area contributed by atoms with Crippen LogP contribution < -0.4 is 10.6 Å². The Hall–Kier alpha value is -1.60. The minimum atomic E-state index is 0.0868. The molecule has 6 nitrogen and oxygen atoms in total. The fraction of sp³-hybridized carbons (Fsp3) is 0.714. The molecule has 1 aliphatic carbocycles. The molecule has 1 amide bonds. The van der Waals surface area contributed by atoms with Gasteiger partial charge < -0.3 is 20.3 Å². The molecule has 1 fully saturated rings. The SMILES string of the molecule is CCNC(=NCC(=O)N1CCc2sccc2C1)NCCOC1CCCCCC1. The molecule has 0 aromatic carbocycles. The maximum absolute atomic E-state index is 12.5. The van der Waals surface area contributed by atoms with E-state index >= 15 is 0 Å². The molecule has 0 radical (unpaired) electrons. The average molecular weight is 407 g/mol. The predicted octanol–water partition coefficient (Wildman–Crippen LogP) is 2.93. The molecule has 0 atom stereocenters. The van der Waals surface area contributed by atoms with E-state index in [9.17, 15) is 4.79 Å². The van der Waals surface area contributed by atoms with E-state index in [1.54, 1.807) is 11.3 Å². The minimum absolute atomic E-state index is 0.0868. The molecule has 3 rings (SSSR count). The molecule has 0 bridgehead atoms. The van der Waals surface area contributed by atoms with Crippen molar-refractivity contribution in [2.45, 2.75) is 64.5 Å². The molecular weight excluding hydrogens is 372 g/mol. The average Bonchev–Trinajstić information content (AvgIpc) is 3.03. The number of hydrogen-bond acceptors (Lipinski definition) is 4. The van der Waals surface area contributed by atoms with Crippen molar-refractivity contribution in [3.05, 3.63) is 21.9 Å². The Morgan fingerprint density at radius 3 is 2.89 bits per heavy atom. The molecule has 0 spiro atoms. The number of guanidine groups is 1. The van der Waals surface area contributed by atoms with Crippen molar-refractivity contribution >= 4 is 23.2 Å². The molecule has 2 aliphatic rings. The normalized spacial score (nSPS) is 18.5. The van der Waals surface area contributed by atoms with Crippen LogP contribution in [-0.2, 0) is 22.5 Å². The Morgan fingerprint density at radius 1 is 1.29 bits per heavy atom. The van der Waals surface area contributed by atoms with Crippen molar-refractivity contribution in [3.63, 3.8) is 0 Å². The van der Waals surface area contributed by atoms with Crippen molar-refractivity contribution in [1.29, 1.82) is 0 Å². The molecule has 156 valence electrons. The van der Waals surface area contributed by atoms with Crippen LogP contribution in [0.15, 0.2) is 16.4 Å². The second-order valence-electron chi connectivity index (χ2n) is 7.54. The van der Waals surface area contributed by atoms with Gasteiger partial charge >= 0.3 is 0 Å². The van der Waals surface area contributed by atoms with Gasteiger partial charge in [0.1, 0.15) is 6.54 Å². The summed E-state index contributed by atoms with van der Waals surface area (Å²) in [5, 5.41) is 8.62. The van der Waals surface area contributed by atoms with Gasteiger partial charge in [0.05, 0.1) is 12.7 Å². The molecule has 2 heterocycles. The molecule has 1 aliphatic heterocycles. The van der Waals surface area contributed by atoms with E-state index in [2.05, 4.69) is 27.1 Å². The van der Waals surface area contributed by atoms with Crippen LogP contribution in [0.2, 0.25) is 0 Å². The van der Waals surface area contributed by atoms with Crippen molar-refractivity contribution < 1.29 is 9.53 Å². The number of thiophene rings is 1. The summed E-state index contributed by atoms with van der Waals surface area (Å²) in [4.78, 5) is 20.4. The summed E-state index contributed by atoms with van der Waals surface area (Å²) in [5.74, 6) is 0.775. The van der Waals surface area contributed by atoms with Crippen LogP contribution in [0.4, 0.5) is 0 Å². The summed E-state index contributed by atoms with van der Waals surface area (Å²) in [7, 11) is 0. The van der Waals surface area contributed by atoms with Gasteiger partial charge in [-0.25, -0.2) is 4.99 Å². The van der Waals surface area contributed by atoms with Gasteiger partial charge in [-0.05, 0) is 43.2 Å². The number of aliphatic imine (C=N–C) groups is 1. The third-order valence-electron chi connectivity index (χ3n) is 5.43. The Balaban J connectivity index is 1.40. The van der Waals surface area contributed by atoms with E-state index in [1.165, 1.54) is 49.0 Å². The molecule has 28 heavy (non-hydrogen) atoms. The zero-order chi connectivity index (χ0) is 19.6. The van der Waals surface area contributed by atoms with Crippen LogP contribution in [-0.4, -0.2) is 55.7 Å². The van der Waals surface area contributed by atoms with E-state index in [0.29, 0.717) is 31.8 Å². The summed E-state index contributed by atoms with van der Waals surface area (Å²) in [6, 6.07) is 2.13. The Kier molecular flexibility index (Phi) is 8.61. The van der Waals surface area contributed by atoms with E-state index in [-0.39, 0.29) is 12.5 Å². The van der Waals surface area contributed by atoms with Crippen molar-refractivity contribution in [2.75, 3.05) is 32.8 Å². The summed E-state index contributed by atoms with van der Waals surface area (Å²) in [6.45, 7) is 5.87. The Bertz CT molecular complexity index is 638. The maximum atomic E-state index is 12.5. The third-order valence-corrected chi connectivity index (χ3v) is 6.45. The quantitative estimate of drug-likeness (QED) is 0.316. The summed E-state index contributed by atoms with van der Waals surface area (Å²) >= 11 is 1.79. The highest BCUT2D eigenvalue weighted by Gasteiger charge is 2.21. The number of nitrogens with one attached hydrogen (secondary N) is 2. The fourth-order valence-corrected chi connectivity index (χ4v) is 4.74. The Labute approximate surface area is 172 Å². The second-order valence-corrected chi connectivity index (χ2v) is 8.54. The minimum Gasteiger partial charge on any atom is -0.376 e. The first-order chi connectivity index (χ1) is 13.8. The number of ether oxygens (including phenoxy) is 1. The zero-order valence-electron chi connectivity index (χ0n) is 17.0. The zero-order valence-corrected chi connectivity index (χ0v) is 17.9. The molecule has 1 aromatic rings. The Morgan fingerprint density at radius 2 is 2.11 bits per heavy atom. The van der Waals surface area contributed by atoms with Gasteiger partial charge in [0.25, 0.3) is 0 Å². The number of hydrogen-bond donors (Lipinski definition) is 2. The van der Waals surface area contributed by atoms with Crippen LogP contribution in [0.25, 0.3) is 0 Å². The monoisotopic (exact) mass is 406 g/mol. The third kappa shape index (κ3) is 6.48. The number of carbonyl (C=O) groups excluding carboxylic acids is 1. The van der Waals surface area contributed by atoms with E-state index < -0.39 is 0 Å². The van der Waals surface area contributed by atoms with Gasteiger partial charge in [0.2, 0.25) is 5.91 Å². The summed E-state index contributed by atoms with van der Waals surface area (Å²) in [6.07, 6.45) is 8.99. The molecule has 2 N–H and O–H groups in total. The highest BCUT2D eigenvalue weighted by atomic mass is 32.1. The number of nitrogens with zero attached hydrogens (tertiary/aromatic N) is 2. The van der Waals surface area contributed by atoms with Gasteiger partial charge in [-0.1, -0.05) is 25.7 Å². The molecule has 0 unspecified atom stereocenters. The lowest BCUT2D eigenvalue weighted by molar-refractivity contribution is -0.130. The van der Waals surface area contributed by atoms with Crippen molar-refractivity contribution in [3.8, 4) is 0 Å². The standard InChI is InChI=1S/C21H34N4O2S/c1-2-22-21(23-11-13-27-18-7-5-3-4-6-8-18)24-15-20(26)25-12-9-19-17(16-25)10-14-28-19/h10,14,18H,2-9,11-13,15-16H2,1H3,(H2,22,23,24). The predicted molar refractivity (Wildman–Crippen MR) is 115 cm³/mol. The summed E-state index contributed by atoms with van der Waals surface area (Å²) in [5.41, 5.74) is 1.29. The van der Waals surface area contributed by atoms with E-state index in [1.807, 2.05) is 11.8 Å². The maximum Gasteiger partial charge on any atom is 0.244 e. The number of rotatable bonds is 7. The van der Waals surface area contributed by atoms with E-state index in [4.69, 9.17) is 4.74 Å².